The standard InChI is InChI=1S/C10H9NO2Se/c1-6-2-8-9(14-5-11-8)3-7(6)4-10(12)13/h2-3,5H,4H2,1H3,(H,12,13). The van der Waals surface area contributed by atoms with Crippen LogP contribution in [-0.2, 0) is 11.2 Å². The zero-order chi connectivity index (χ0) is 10.1. The van der Waals surface area contributed by atoms with Crippen LogP contribution in [0.5, 0.6) is 0 Å². The van der Waals surface area contributed by atoms with Crippen LogP contribution in [0.3, 0.4) is 0 Å². The molecule has 0 aliphatic rings. The van der Waals surface area contributed by atoms with Gasteiger partial charge in [-0.05, 0) is 0 Å². The van der Waals surface area contributed by atoms with Gasteiger partial charge in [0.25, 0.3) is 0 Å². The number of rotatable bonds is 2. The molecule has 3 nitrogen and oxygen atoms in total. The number of aryl methyl sites for hydroxylation is 1. The van der Waals surface area contributed by atoms with Gasteiger partial charge in [0, 0.05) is 0 Å². The average Bonchev–Trinajstić information content (AvgIpc) is 2.51. The molecule has 0 spiro atoms. The maximum absolute atomic E-state index is 10.6. The summed E-state index contributed by atoms with van der Waals surface area (Å²) in [6.45, 7) is 1.93. The van der Waals surface area contributed by atoms with Crippen LogP contribution in [0.25, 0.3) is 9.78 Å². The minimum absolute atomic E-state index is 0.106. The van der Waals surface area contributed by atoms with Crippen LogP contribution in [0.1, 0.15) is 11.1 Å². The molecule has 2 aromatic rings. The average molecular weight is 254 g/mol. The van der Waals surface area contributed by atoms with Gasteiger partial charge in [-0.2, -0.15) is 0 Å². The number of fused-ring (bicyclic) bond motifs is 1. The van der Waals surface area contributed by atoms with Crippen LogP contribution in [0, 0.1) is 6.92 Å². The topological polar surface area (TPSA) is 50.2 Å². The summed E-state index contributed by atoms with van der Waals surface area (Å²) in [5.41, 5.74) is 2.93. The number of carboxylic acid groups (broad SMARTS) is 1. The van der Waals surface area contributed by atoms with Gasteiger partial charge in [-0.25, -0.2) is 0 Å². The minimum atomic E-state index is -0.778. The first-order chi connectivity index (χ1) is 6.66. The first-order valence-electron chi connectivity index (χ1n) is 4.21. The van der Waals surface area contributed by atoms with E-state index in [1.807, 2.05) is 24.1 Å². The van der Waals surface area contributed by atoms with Crippen LogP contribution in [0.4, 0.5) is 0 Å². The van der Waals surface area contributed by atoms with Gasteiger partial charge >= 0.3 is 86.8 Å². The van der Waals surface area contributed by atoms with Gasteiger partial charge in [0.05, 0.1) is 0 Å². The van der Waals surface area contributed by atoms with Crippen LogP contribution in [0.2, 0.25) is 0 Å². The molecule has 2 rings (SSSR count). The molecule has 0 atom stereocenters. The van der Waals surface area contributed by atoms with E-state index in [1.165, 1.54) is 4.26 Å². The number of benzene rings is 1. The summed E-state index contributed by atoms with van der Waals surface area (Å²) >= 11 is 0.288. The van der Waals surface area contributed by atoms with Crippen molar-refractivity contribution in [3.63, 3.8) is 0 Å². The molecular formula is C10H9NO2Se. The first kappa shape index (κ1) is 9.44. The summed E-state index contributed by atoms with van der Waals surface area (Å²) in [7, 11) is 0. The number of hydrogen-bond donors (Lipinski definition) is 1. The number of nitrogens with zero attached hydrogens (tertiary/aromatic N) is 1. The summed E-state index contributed by atoms with van der Waals surface area (Å²) in [5.74, 6) is -0.778. The summed E-state index contributed by atoms with van der Waals surface area (Å²) in [6, 6.07) is 3.95. The zero-order valence-corrected chi connectivity index (χ0v) is 9.36. The number of hydrogen-bond acceptors (Lipinski definition) is 2. The monoisotopic (exact) mass is 255 g/mol. The molecule has 1 aromatic heterocycles. The Hall–Kier alpha value is -1.12. The molecule has 1 heterocycles. The van der Waals surface area contributed by atoms with Crippen molar-refractivity contribution in [3.05, 3.63) is 28.3 Å². The summed E-state index contributed by atoms with van der Waals surface area (Å²) in [4.78, 5) is 14.8. The first-order valence-corrected chi connectivity index (χ1v) is 6.06. The van der Waals surface area contributed by atoms with E-state index in [-0.39, 0.29) is 20.9 Å². The van der Waals surface area contributed by atoms with Crippen molar-refractivity contribution in [2.24, 2.45) is 0 Å². The van der Waals surface area contributed by atoms with Crippen molar-refractivity contribution in [2.45, 2.75) is 13.3 Å². The van der Waals surface area contributed by atoms with Crippen LogP contribution in [0.15, 0.2) is 17.2 Å². The fourth-order valence-electron chi connectivity index (χ4n) is 1.40. The van der Waals surface area contributed by atoms with E-state index in [4.69, 9.17) is 5.11 Å². The molecule has 0 aliphatic heterocycles. The second-order valence-corrected chi connectivity index (χ2v) is 5.03. The predicted octanol–water partition coefficient (Wildman–Crippen LogP) is 1.23. The van der Waals surface area contributed by atoms with Crippen molar-refractivity contribution in [1.29, 1.82) is 0 Å². The predicted molar refractivity (Wildman–Crippen MR) is 54.8 cm³/mol. The molecule has 0 radical (unpaired) electrons. The second kappa shape index (κ2) is 3.56. The quantitative estimate of drug-likeness (QED) is 0.820. The zero-order valence-electron chi connectivity index (χ0n) is 7.65. The van der Waals surface area contributed by atoms with Gasteiger partial charge in [0.15, 0.2) is 0 Å². The molecule has 4 heteroatoms. The fourth-order valence-corrected chi connectivity index (χ4v) is 2.92. The normalized spacial score (nSPS) is 10.6. The van der Waals surface area contributed by atoms with Crippen molar-refractivity contribution in [3.8, 4) is 0 Å². The molecule has 0 saturated carbocycles. The molecule has 0 aliphatic carbocycles. The summed E-state index contributed by atoms with van der Waals surface area (Å²) in [5, 5.41) is 10.6. The van der Waals surface area contributed by atoms with E-state index in [0.717, 1.165) is 16.6 Å². The van der Waals surface area contributed by atoms with Crippen molar-refractivity contribution < 1.29 is 9.90 Å². The third-order valence-electron chi connectivity index (χ3n) is 2.13. The van der Waals surface area contributed by atoms with E-state index in [2.05, 4.69) is 4.98 Å². The summed E-state index contributed by atoms with van der Waals surface area (Å²) < 4.78 is 1.19. The molecule has 72 valence electrons. The van der Waals surface area contributed by atoms with Gasteiger partial charge in [-0.15, -0.1) is 0 Å². The van der Waals surface area contributed by atoms with E-state index < -0.39 is 5.97 Å². The molecule has 0 fully saturated rings. The number of aromatic nitrogens is 1. The van der Waals surface area contributed by atoms with Gasteiger partial charge < -0.3 is 0 Å². The van der Waals surface area contributed by atoms with Gasteiger partial charge in [-0.1, -0.05) is 0 Å². The Bertz CT molecular complexity index is 490. The van der Waals surface area contributed by atoms with Gasteiger partial charge in [0.2, 0.25) is 0 Å². The molecule has 1 aromatic carbocycles. The van der Waals surface area contributed by atoms with E-state index in [1.54, 1.807) is 0 Å². The SMILES string of the molecule is Cc1cc2nc[se]c2cc1CC(=O)O. The number of carboxylic acids is 1. The fraction of sp³-hybridized carbons (Fsp3) is 0.200. The van der Waals surface area contributed by atoms with Gasteiger partial charge in [0.1, 0.15) is 0 Å². The number of aliphatic carboxylic acids is 1. The third-order valence-corrected chi connectivity index (χ3v) is 3.79. The second-order valence-electron chi connectivity index (χ2n) is 3.17. The Balaban J connectivity index is 2.53. The Labute approximate surface area is 87.1 Å². The van der Waals surface area contributed by atoms with E-state index >= 15 is 0 Å². The molecule has 0 amide bonds. The molecule has 14 heavy (non-hydrogen) atoms. The molecule has 0 unspecified atom stereocenters. The molecule has 0 saturated heterocycles. The Morgan fingerprint density at radius 2 is 2.36 bits per heavy atom. The van der Waals surface area contributed by atoms with Crippen LogP contribution < -0.4 is 0 Å². The Morgan fingerprint density at radius 1 is 1.57 bits per heavy atom. The Kier molecular flexibility index (Phi) is 2.40. The van der Waals surface area contributed by atoms with Crippen molar-refractivity contribution in [1.82, 2.24) is 4.98 Å². The Morgan fingerprint density at radius 3 is 3.07 bits per heavy atom. The van der Waals surface area contributed by atoms with Crippen molar-refractivity contribution in [2.75, 3.05) is 0 Å². The molecule has 0 bridgehead atoms. The molecule has 1 N–H and O–H groups in total. The van der Waals surface area contributed by atoms with Crippen LogP contribution >= 0.6 is 0 Å². The van der Waals surface area contributed by atoms with E-state index in [0.29, 0.717) is 0 Å². The third kappa shape index (κ3) is 1.72. The number of carbonyl (C=O) groups is 1. The van der Waals surface area contributed by atoms with E-state index in [9.17, 15) is 4.79 Å². The van der Waals surface area contributed by atoms with Crippen LogP contribution in [-0.4, -0.2) is 30.6 Å². The van der Waals surface area contributed by atoms with Crippen molar-refractivity contribution >= 4 is 30.2 Å². The summed E-state index contributed by atoms with van der Waals surface area (Å²) in [6.07, 6.45) is 0.106. The maximum atomic E-state index is 10.6. The van der Waals surface area contributed by atoms with Gasteiger partial charge in [-0.3, -0.25) is 0 Å². The molecular weight excluding hydrogens is 245 g/mol.